The van der Waals surface area contributed by atoms with Gasteiger partial charge in [-0.05, 0) is 58.1 Å². The van der Waals surface area contributed by atoms with Crippen molar-refractivity contribution in [3.8, 4) is 5.75 Å². The third-order valence-electron chi connectivity index (χ3n) is 4.51. The highest BCUT2D eigenvalue weighted by atomic mass is 16.6. The van der Waals surface area contributed by atoms with E-state index in [0.717, 1.165) is 12.8 Å². The van der Waals surface area contributed by atoms with Crippen LogP contribution in [0.5, 0.6) is 5.75 Å². The maximum atomic E-state index is 12.1. The number of carbonyl (C=O) groups is 3. The normalized spacial score (nSPS) is 15.1. The summed E-state index contributed by atoms with van der Waals surface area (Å²) in [5.41, 5.74) is 0.366. The first-order valence-electron chi connectivity index (χ1n) is 9.42. The lowest BCUT2D eigenvalue weighted by Crippen LogP contribution is -2.44. The molecule has 0 unspecified atom stereocenters. The van der Waals surface area contributed by atoms with Gasteiger partial charge in [0, 0.05) is 19.6 Å². The highest BCUT2D eigenvalue weighted by Gasteiger charge is 2.27. The molecule has 1 fully saturated rings. The number of aryl methyl sites for hydroxylation is 1. The fraction of sp³-hybridized carbons (Fsp3) is 0.550. The summed E-state index contributed by atoms with van der Waals surface area (Å²) in [4.78, 5) is 37.8. The summed E-state index contributed by atoms with van der Waals surface area (Å²) in [5.74, 6) is -1.48. The van der Waals surface area contributed by atoms with E-state index >= 15 is 0 Å². The van der Waals surface area contributed by atoms with E-state index in [1.54, 1.807) is 24.0 Å². The number of likely N-dealkylation sites (tertiary alicyclic amines) is 1. The molecule has 8 nitrogen and oxygen atoms in total. The first-order chi connectivity index (χ1) is 13.1. The number of carbonyl (C=O) groups excluding carboxylic acids is 3. The van der Waals surface area contributed by atoms with E-state index in [1.165, 1.54) is 6.07 Å². The van der Waals surface area contributed by atoms with Crippen molar-refractivity contribution >= 4 is 23.6 Å². The van der Waals surface area contributed by atoms with Crippen molar-refractivity contribution in [2.24, 2.45) is 5.92 Å². The van der Waals surface area contributed by atoms with Crippen LogP contribution < -0.4 is 10.6 Å². The van der Waals surface area contributed by atoms with Crippen molar-refractivity contribution < 1.29 is 24.2 Å². The third kappa shape index (κ3) is 6.14. The zero-order valence-corrected chi connectivity index (χ0v) is 16.9. The lowest BCUT2D eigenvalue weighted by atomic mass is 9.97. The van der Waals surface area contributed by atoms with Crippen molar-refractivity contribution in [1.82, 2.24) is 10.2 Å². The zero-order chi connectivity index (χ0) is 20.9. The van der Waals surface area contributed by atoms with Gasteiger partial charge in [-0.25, -0.2) is 4.79 Å². The first kappa shape index (κ1) is 21.5. The van der Waals surface area contributed by atoms with E-state index in [4.69, 9.17) is 4.74 Å². The molecule has 154 valence electrons. The SMILES string of the molecule is Cc1cccc(O)c1NC(=O)C(=O)NCC1CCN(C(=O)OC(C)(C)C)CC1. The van der Waals surface area contributed by atoms with Crippen LogP contribution in [0.4, 0.5) is 10.5 Å². The van der Waals surface area contributed by atoms with E-state index in [-0.39, 0.29) is 23.4 Å². The van der Waals surface area contributed by atoms with Crippen molar-refractivity contribution in [2.75, 3.05) is 25.0 Å². The number of benzene rings is 1. The number of amides is 3. The number of hydrogen-bond acceptors (Lipinski definition) is 5. The number of piperidine rings is 1. The average molecular weight is 391 g/mol. The molecule has 2 rings (SSSR count). The summed E-state index contributed by atoms with van der Waals surface area (Å²) >= 11 is 0. The lowest BCUT2D eigenvalue weighted by Gasteiger charge is -2.33. The molecule has 0 aromatic heterocycles. The number of para-hydroxylation sites is 1. The second-order valence-electron chi connectivity index (χ2n) is 8.04. The van der Waals surface area contributed by atoms with Gasteiger partial charge in [-0.2, -0.15) is 0 Å². The predicted octanol–water partition coefficient (Wildman–Crippen LogP) is 2.40. The van der Waals surface area contributed by atoms with Gasteiger partial charge in [-0.1, -0.05) is 12.1 Å². The summed E-state index contributed by atoms with van der Waals surface area (Å²) in [6, 6.07) is 4.83. The monoisotopic (exact) mass is 391 g/mol. The fourth-order valence-electron chi connectivity index (χ4n) is 2.95. The molecule has 1 aliphatic heterocycles. The number of aromatic hydroxyl groups is 1. The quantitative estimate of drug-likeness (QED) is 0.542. The van der Waals surface area contributed by atoms with Gasteiger partial charge >= 0.3 is 17.9 Å². The van der Waals surface area contributed by atoms with Crippen LogP contribution in [-0.2, 0) is 14.3 Å². The zero-order valence-electron chi connectivity index (χ0n) is 16.9. The molecule has 0 radical (unpaired) electrons. The molecule has 0 bridgehead atoms. The van der Waals surface area contributed by atoms with E-state index < -0.39 is 17.4 Å². The van der Waals surface area contributed by atoms with Gasteiger partial charge in [0.1, 0.15) is 11.4 Å². The Balaban J connectivity index is 1.76. The molecule has 1 heterocycles. The fourth-order valence-corrected chi connectivity index (χ4v) is 2.95. The van der Waals surface area contributed by atoms with Crippen molar-refractivity contribution in [3.05, 3.63) is 23.8 Å². The molecule has 0 aliphatic carbocycles. The van der Waals surface area contributed by atoms with Gasteiger partial charge < -0.3 is 25.4 Å². The van der Waals surface area contributed by atoms with Gasteiger partial charge in [0.05, 0.1) is 5.69 Å². The molecular formula is C20H29N3O5. The molecule has 28 heavy (non-hydrogen) atoms. The molecule has 1 aliphatic rings. The van der Waals surface area contributed by atoms with E-state index in [1.807, 2.05) is 20.8 Å². The Kier molecular flexibility index (Phi) is 6.88. The number of phenolic OH excluding ortho intramolecular Hbond substituents is 1. The molecule has 3 N–H and O–H groups in total. The molecule has 1 saturated heterocycles. The van der Waals surface area contributed by atoms with Gasteiger partial charge in [0.15, 0.2) is 0 Å². The smallest absolute Gasteiger partial charge is 0.410 e. The Bertz CT molecular complexity index is 714. The topological polar surface area (TPSA) is 108 Å². The second kappa shape index (κ2) is 8.95. The van der Waals surface area contributed by atoms with Crippen LogP contribution in [0.15, 0.2) is 18.2 Å². The molecule has 1 aromatic carbocycles. The number of ether oxygens (including phenoxy) is 1. The summed E-state index contributed by atoms with van der Waals surface area (Å²) in [5, 5.41) is 14.9. The highest BCUT2D eigenvalue weighted by Crippen LogP contribution is 2.26. The standard InChI is InChI=1S/C20H29N3O5/c1-13-6-5-7-15(24)16(13)22-18(26)17(25)21-12-14-8-10-23(11-9-14)19(27)28-20(2,3)4/h5-7,14,24H,8-12H2,1-4H3,(H,21,25)(H,22,26). The van der Waals surface area contributed by atoms with Gasteiger partial charge in [-0.15, -0.1) is 0 Å². The van der Waals surface area contributed by atoms with Crippen molar-refractivity contribution in [1.29, 1.82) is 0 Å². The summed E-state index contributed by atoms with van der Waals surface area (Å²) in [7, 11) is 0. The largest absolute Gasteiger partial charge is 0.506 e. The Morgan fingerprint density at radius 3 is 2.39 bits per heavy atom. The predicted molar refractivity (Wildman–Crippen MR) is 105 cm³/mol. The van der Waals surface area contributed by atoms with Crippen molar-refractivity contribution in [2.45, 2.75) is 46.1 Å². The van der Waals surface area contributed by atoms with Crippen LogP contribution in [0.2, 0.25) is 0 Å². The van der Waals surface area contributed by atoms with Crippen LogP contribution in [0.25, 0.3) is 0 Å². The number of phenols is 1. The number of hydrogen-bond donors (Lipinski definition) is 3. The minimum absolute atomic E-state index is 0.0873. The molecular weight excluding hydrogens is 362 g/mol. The first-order valence-corrected chi connectivity index (χ1v) is 9.42. The summed E-state index contributed by atoms with van der Waals surface area (Å²) < 4.78 is 5.36. The second-order valence-corrected chi connectivity index (χ2v) is 8.04. The van der Waals surface area contributed by atoms with Gasteiger partial charge in [-0.3, -0.25) is 9.59 Å². The number of nitrogens with one attached hydrogen (secondary N) is 2. The maximum Gasteiger partial charge on any atom is 0.410 e. The Hall–Kier alpha value is -2.77. The van der Waals surface area contributed by atoms with E-state index in [0.29, 0.717) is 25.2 Å². The summed E-state index contributed by atoms with van der Waals surface area (Å²) in [6.45, 7) is 8.68. The molecule has 0 spiro atoms. The molecule has 0 saturated carbocycles. The van der Waals surface area contributed by atoms with Crippen LogP contribution in [0.3, 0.4) is 0 Å². The number of nitrogens with zero attached hydrogens (tertiary/aromatic N) is 1. The molecule has 8 heteroatoms. The Morgan fingerprint density at radius 1 is 1.18 bits per heavy atom. The minimum atomic E-state index is -0.823. The Morgan fingerprint density at radius 2 is 1.82 bits per heavy atom. The van der Waals surface area contributed by atoms with Crippen LogP contribution in [0.1, 0.15) is 39.2 Å². The molecule has 3 amide bonds. The molecule has 1 aromatic rings. The number of anilines is 1. The number of rotatable bonds is 3. The molecule has 0 atom stereocenters. The van der Waals surface area contributed by atoms with Crippen molar-refractivity contribution in [3.63, 3.8) is 0 Å². The van der Waals surface area contributed by atoms with E-state index in [9.17, 15) is 19.5 Å². The minimum Gasteiger partial charge on any atom is -0.506 e. The van der Waals surface area contributed by atoms with Gasteiger partial charge in [0.2, 0.25) is 0 Å². The highest BCUT2D eigenvalue weighted by molar-refractivity contribution is 6.39. The third-order valence-corrected chi connectivity index (χ3v) is 4.51. The van der Waals surface area contributed by atoms with Crippen LogP contribution in [0, 0.1) is 12.8 Å². The van der Waals surface area contributed by atoms with Gasteiger partial charge in [0.25, 0.3) is 0 Å². The Labute approximate surface area is 165 Å². The van der Waals surface area contributed by atoms with E-state index in [2.05, 4.69) is 10.6 Å². The lowest BCUT2D eigenvalue weighted by molar-refractivity contribution is -0.136. The average Bonchev–Trinajstić information content (AvgIpc) is 2.61. The maximum absolute atomic E-state index is 12.1. The van der Waals surface area contributed by atoms with Crippen LogP contribution in [-0.4, -0.2) is 53.1 Å². The summed E-state index contributed by atoms with van der Waals surface area (Å²) in [6.07, 6.45) is 1.12. The van der Waals surface area contributed by atoms with Crippen LogP contribution >= 0.6 is 0 Å².